The van der Waals surface area contributed by atoms with Crippen LogP contribution in [0.3, 0.4) is 0 Å². The summed E-state index contributed by atoms with van der Waals surface area (Å²) in [6.45, 7) is 4.03. The average molecular weight is 434 g/mol. The molecule has 3 rings (SSSR count). The van der Waals surface area contributed by atoms with Crippen LogP contribution in [0, 0.1) is 0 Å². The molecule has 0 aliphatic carbocycles. The van der Waals surface area contributed by atoms with Crippen LogP contribution in [0.4, 0.5) is 0 Å². The molecule has 0 bridgehead atoms. The molecule has 0 aliphatic heterocycles. The predicted octanol–water partition coefficient (Wildman–Crippen LogP) is 4.52. The van der Waals surface area contributed by atoms with Gasteiger partial charge in [0.15, 0.2) is 0 Å². The van der Waals surface area contributed by atoms with Crippen molar-refractivity contribution in [3.63, 3.8) is 0 Å². The molecule has 156 valence electrons. The van der Waals surface area contributed by atoms with Crippen LogP contribution in [0.1, 0.15) is 31.4 Å². The van der Waals surface area contributed by atoms with Crippen LogP contribution in [0.5, 0.6) is 0 Å². The molecule has 0 saturated heterocycles. The molecule has 1 N–H and O–H groups in total. The van der Waals surface area contributed by atoms with Gasteiger partial charge in [-0.2, -0.15) is 0 Å². The third-order valence-electron chi connectivity index (χ3n) is 5.03. The smallest absolute Gasteiger partial charge is 0.268 e. The van der Waals surface area contributed by atoms with E-state index < -0.39 is 10.0 Å². The molecule has 29 heavy (non-hydrogen) atoms. The lowest BCUT2D eigenvalue weighted by Gasteiger charge is -2.14. The van der Waals surface area contributed by atoms with E-state index in [-0.39, 0.29) is 10.9 Å². The van der Waals surface area contributed by atoms with Gasteiger partial charge in [-0.3, -0.25) is 0 Å². The van der Waals surface area contributed by atoms with Crippen LogP contribution in [0.15, 0.2) is 59.6 Å². The van der Waals surface area contributed by atoms with E-state index in [0.29, 0.717) is 10.5 Å². The van der Waals surface area contributed by atoms with E-state index in [1.807, 2.05) is 24.3 Å². The van der Waals surface area contributed by atoms with Crippen molar-refractivity contribution in [2.45, 2.75) is 30.7 Å². The molecule has 0 amide bonds. The fraction of sp³-hybridized carbons (Fsp3) is 0.364. The zero-order valence-electron chi connectivity index (χ0n) is 17.1. The van der Waals surface area contributed by atoms with E-state index in [1.165, 1.54) is 3.97 Å². The van der Waals surface area contributed by atoms with Crippen molar-refractivity contribution in [2.75, 3.05) is 27.2 Å². The summed E-state index contributed by atoms with van der Waals surface area (Å²) in [5, 5.41) is 4.98. The zero-order chi connectivity index (χ0) is 21.0. The summed E-state index contributed by atoms with van der Waals surface area (Å²) in [7, 11) is 0.442. The van der Waals surface area contributed by atoms with Crippen molar-refractivity contribution in [1.82, 2.24) is 14.2 Å². The highest BCUT2D eigenvalue weighted by atomic mass is 35.5. The van der Waals surface area contributed by atoms with Gasteiger partial charge in [-0.1, -0.05) is 29.8 Å². The molecule has 5 nitrogen and oxygen atoms in total. The molecule has 0 saturated carbocycles. The third kappa shape index (κ3) is 5.01. The Balaban J connectivity index is 1.88. The lowest BCUT2D eigenvalue weighted by atomic mass is 10.1. The molecular formula is C22H28ClN3O2S. The summed E-state index contributed by atoms with van der Waals surface area (Å²) in [4.78, 5) is 2.40. The first-order chi connectivity index (χ1) is 13.8. The van der Waals surface area contributed by atoms with Crippen molar-refractivity contribution in [2.24, 2.45) is 0 Å². The normalized spacial score (nSPS) is 13.3. The number of benzene rings is 2. The Hall–Kier alpha value is -1.86. The molecule has 0 radical (unpaired) electrons. The minimum Gasteiger partial charge on any atom is -0.310 e. The number of aromatic nitrogens is 1. The fourth-order valence-corrected chi connectivity index (χ4v) is 4.92. The van der Waals surface area contributed by atoms with Gasteiger partial charge in [0.05, 0.1) is 10.4 Å². The number of nitrogens with zero attached hydrogens (tertiary/aromatic N) is 2. The first-order valence-corrected chi connectivity index (χ1v) is 11.6. The van der Waals surface area contributed by atoms with Crippen molar-refractivity contribution in [1.29, 1.82) is 0 Å². The second-order valence-corrected chi connectivity index (χ2v) is 9.79. The number of unbranched alkanes of at least 4 members (excludes halogenated alkanes) is 1. The topological polar surface area (TPSA) is 54.3 Å². The summed E-state index contributed by atoms with van der Waals surface area (Å²) in [5.41, 5.74) is 1.66. The van der Waals surface area contributed by atoms with Crippen LogP contribution in [0.25, 0.3) is 10.9 Å². The quantitative estimate of drug-likeness (QED) is 0.504. The van der Waals surface area contributed by atoms with Gasteiger partial charge in [0, 0.05) is 22.6 Å². The van der Waals surface area contributed by atoms with E-state index in [2.05, 4.69) is 31.2 Å². The van der Waals surface area contributed by atoms with Crippen LogP contribution >= 0.6 is 11.6 Å². The first-order valence-electron chi connectivity index (χ1n) is 9.80. The van der Waals surface area contributed by atoms with Gasteiger partial charge in [-0.05, 0) is 82.8 Å². The lowest BCUT2D eigenvalue weighted by Crippen LogP contribution is -2.21. The second-order valence-electron chi connectivity index (χ2n) is 7.54. The lowest BCUT2D eigenvalue weighted by molar-refractivity contribution is 0.389. The Kier molecular flexibility index (Phi) is 7.01. The maximum Gasteiger partial charge on any atom is 0.268 e. The van der Waals surface area contributed by atoms with Crippen molar-refractivity contribution in [3.8, 4) is 0 Å². The molecule has 1 aromatic heterocycles. The molecule has 2 aromatic carbocycles. The first kappa shape index (κ1) is 21.8. The number of fused-ring (bicyclic) bond motifs is 1. The summed E-state index contributed by atoms with van der Waals surface area (Å²) in [5.74, 6) is 0. The van der Waals surface area contributed by atoms with E-state index in [9.17, 15) is 8.42 Å². The number of para-hydroxylation sites is 1. The van der Waals surface area contributed by atoms with Crippen molar-refractivity contribution < 1.29 is 8.42 Å². The molecular weight excluding hydrogens is 406 g/mol. The van der Waals surface area contributed by atoms with Crippen LogP contribution in [0.2, 0.25) is 5.02 Å². The molecule has 0 fully saturated rings. The Morgan fingerprint density at radius 2 is 1.76 bits per heavy atom. The Bertz CT molecular complexity index is 1060. The maximum absolute atomic E-state index is 13.3. The van der Waals surface area contributed by atoms with Gasteiger partial charge < -0.3 is 10.2 Å². The molecule has 3 aromatic rings. The molecule has 1 unspecified atom stereocenters. The molecule has 1 atom stereocenters. The summed E-state index contributed by atoms with van der Waals surface area (Å²) < 4.78 is 27.9. The standard InChI is InChI=1S/C22H28ClN3O2S/c1-17(24-14-6-7-15-25(2)3)21-16-26(22-9-5-4-8-20(21)22)29(27,28)19-12-10-18(23)11-13-19/h4-5,8-13,16-17,24H,6-7,14-15H2,1-3H3. The Labute approximate surface area is 178 Å². The van der Waals surface area contributed by atoms with Gasteiger partial charge in [-0.15, -0.1) is 0 Å². The largest absolute Gasteiger partial charge is 0.310 e. The van der Waals surface area contributed by atoms with E-state index in [1.54, 1.807) is 30.5 Å². The second kappa shape index (κ2) is 9.30. The van der Waals surface area contributed by atoms with Crippen molar-refractivity contribution in [3.05, 3.63) is 65.3 Å². The van der Waals surface area contributed by atoms with E-state index >= 15 is 0 Å². The van der Waals surface area contributed by atoms with Gasteiger partial charge >= 0.3 is 0 Å². The average Bonchev–Trinajstić information content (AvgIpc) is 3.08. The van der Waals surface area contributed by atoms with Gasteiger partial charge in [0.25, 0.3) is 10.0 Å². The minimum absolute atomic E-state index is 0.0425. The van der Waals surface area contributed by atoms with Crippen LogP contribution < -0.4 is 5.32 Å². The number of rotatable bonds is 9. The minimum atomic E-state index is -3.71. The maximum atomic E-state index is 13.3. The molecule has 0 spiro atoms. The molecule has 1 heterocycles. The summed E-state index contributed by atoms with van der Waals surface area (Å²) in [6.07, 6.45) is 3.94. The number of halogens is 1. The zero-order valence-corrected chi connectivity index (χ0v) is 18.7. The van der Waals surface area contributed by atoms with E-state index in [0.717, 1.165) is 36.9 Å². The highest BCUT2D eigenvalue weighted by Crippen LogP contribution is 2.30. The van der Waals surface area contributed by atoms with Crippen molar-refractivity contribution >= 4 is 32.5 Å². The molecule has 7 heteroatoms. The third-order valence-corrected chi connectivity index (χ3v) is 6.97. The fourth-order valence-electron chi connectivity index (χ4n) is 3.42. The number of hydrogen-bond donors (Lipinski definition) is 1. The number of nitrogens with one attached hydrogen (secondary N) is 1. The van der Waals surface area contributed by atoms with Crippen LogP contribution in [-0.4, -0.2) is 44.5 Å². The monoisotopic (exact) mass is 433 g/mol. The summed E-state index contributed by atoms with van der Waals surface area (Å²) in [6, 6.07) is 13.9. The highest BCUT2D eigenvalue weighted by Gasteiger charge is 2.22. The number of hydrogen-bond acceptors (Lipinski definition) is 4. The van der Waals surface area contributed by atoms with Crippen LogP contribution in [-0.2, 0) is 10.0 Å². The van der Waals surface area contributed by atoms with E-state index in [4.69, 9.17) is 11.6 Å². The summed E-state index contributed by atoms with van der Waals surface area (Å²) >= 11 is 5.92. The highest BCUT2D eigenvalue weighted by molar-refractivity contribution is 7.90. The Morgan fingerprint density at radius 3 is 2.45 bits per heavy atom. The van der Waals surface area contributed by atoms with Gasteiger partial charge in [0.1, 0.15) is 0 Å². The van der Waals surface area contributed by atoms with Gasteiger partial charge in [-0.25, -0.2) is 12.4 Å². The SMILES string of the molecule is CC(NCCCCN(C)C)c1cn(S(=O)(=O)c2ccc(Cl)cc2)c2ccccc12. The predicted molar refractivity (Wildman–Crippen MR) is 120 cm³/mol. The Morgan fingerprint density at radius 1 is 1.07 bits per heavy atom. The van der Waals surface area contributed by atoms with Gasteiger partial charge in [0.2, 0.25) is 0 Å². The molecule has 0 aliphatic rings.